The number of anilines is 1. The molecule has 4 heteroatoms. The summed E-state index contributed by atoms with van der Waals surface area (Å²) in [5, 5.41) is 11.0. The van der Waals surface area contributed by atoms with Gasteiger partial charge in [0.2, 0.25) is 0 Å². The van der Waals surface area contributed by atoms with Crippen molar-refractivity contribution >= 4 is 5.69 Å². The van der Waals surface area contributed by atoms with E-state index in [1.54, 1.807) is 0 Å². The second kappa shape index (κ2) is 4.63. The highest BCUT2D eigenvalue weighted by atomic mass is 16.3. The number of benzene rings is 1. The van der Waals surface area contributed by atoms with E-state index >= 15 is 0 Å². The lowest BCUT2D eigenvalue weighted by molar-refractivity contribution is 0.282. The van der Waals surface area contributed by atoms with Crippen LogP contribution in [0.2, 0.25) is 0 Å². The Morgan fingerprint density at radius 1 is 1.39 bits per heavy atom. The molecule has 1 atom stereocenters. The molecule has 0 fully saturated rings. The molecule has 18 heavy (non-hydrogen) atoms. The van der Waals surface area contributed by atoms with Crippen LogP contribution in [-0.4, -0.2) is 11.1 Å². The lowest BCUT2D eigenvalue weighted by Gasteiger charge is -2.29. The zero-order chi connectivity index (χ0) is 13.3. The molecule has 4 N–H and O–H groups in total. The van der Waals surface area contributed by atoms with Crippen molar-refractivity contribution in [1.29, 1.82) is 0 Å². The minimum Gasteiger partial charge on any atom is -0.392 e. The molecule has 1 aliphatic heterocycles. The van der Waals surface area contributed by atoms with Crippen LogP contribution in [0.15, 0.2) is 36.2 Å². The molecule has 0 radical (unpaired) electrons. The smallest absolute Gasteiger partial charge is 0.116 e. The molecule has 1 aromatic rings. The predicted molar refractivity (Wildman–Crippen MR) is 73.5 cm³/mol. The molecule has 4 nitrogen and oxygen atoms in total. The maximum atomic E-state index is 9.17. The van der Waals surface area contributed by atoms with E-state index in [0.29, 0.717) is 5.82 Å². The Bertz CT molecular complexity index is 462. The highest BCUT2D eigenvalue weighted by molar-refractivity contribution is 5.54. The van der Waals surface area contributed by atoms with Gasteiger partial charge in [0.25, 0.3) is 0 Å². The van der Waals surface area contributed by atoms with Crippen molar-refractivity contribution in [3.05, 3.63) is 41.7 Å². The second-order valence-electron chi connectivity index (χ2n) is 5.73. The van der Waals surface area contributed by atoms with E-state index in [9.17, 15) is 0 Å². The average Bonchev–Trinajstić information content (AvgIpc) is 2.71. The van der Waals surface area contributed by atoms with Gasteiger partial charge in [-0.1, -0.05) is 32.9 Å². The first-order chi connectivity index (χ1) is 8.41. The highest BCUT2D eigenvalue weighted by Crippen LogP contribution is 2.28. The normalized spacial score (nSPS) is 20.1. The monoisotopic (exact) mass is 247 g/mol. The van der Waals surface area contributed by atoms with Gasteiger partial charge in [-0.15, -0.1) is 0 Å². The Morgan fingerprint density at radius 2 is 2.11 bits per heavy atom. The van der Waals surface area contributed by atoms with Crippen molar-refractivity contribution in [2.45, 2.75) is 33.4 Å². The van der Waals surface area contributed by atoms with Crippen molar-refractivity contribution < 1.29 is 5.11 Å². The Labute approximate surface area is 108 Å². The van der Waals surface area contributed by atoms with Crippen molar-refractivity contribution in [2.24, 2.45) is 11.1 Å². The van der Waals surface area contributed by atoms with Gasteiger partial charge < -0.3 is 10.8 Å². The van der Waals surface area contributed by atoms with E-state index in [0.717, 1.165) is 11.3 Å². The molecule has 98 valence electrons. The van der Waals surface area contributed by atoms with Crippen molar-refractivity contribution in [3.8, 4) is 0 Å². The lowest BCUT2D eigenvalue weighted by atomic mass is 9.87. The summed E-state index contributed by atoms with van der Waals surface area (Å²) in [6.07, 6.45) is 2.03. The van der Waals surface area contributed by atoms with Crippen LogP contribution in [0.3, 0.4) is 0 Å². The summed E-state index contributed by atoms with van der Waals surface area (Å²) in [6, 6.07) is 7.91. The summed E-state index contributed by atoms with van der Waals surface area (Å²) in [5.74, 6) is 0.699. The highest BCUT2D eigenvalue weighted by Gasteiger charge is 2.30. The molecule has 1 unspecified atom stereocenters. The number of hydrogen-bond donors (Lipinski definition) is 3. The molecule has 0 spiro atoms. The zero-order valence-corrected chi connectivity index (χ0v) is 11.1. The van der Waals surface area contributed by atoms with E-state index in [-0.39, 0.29) is 18.1 Å². The van der Waals surface area contributed by atoms with Crippen LogP contribution in [0, 0.1) is 5.41 Å². The first-order valence-electron chi connectivity index (χ1n) is 6.15. The quantitative estimate of drug-likeness (QED) is 0.744. The Morgan fingerprint density at radius 3 is 2.67 bits per heavy atom. The molecular formula is C14H21N3O. The molecule has 0 amide bonds. The number of aliphatic hydroxyl groups excluding tert-OH is 1. The average molecular weight is 247 g/mol. The summed E-state index contributed by atoms with van der Waals surface area (Å²) in [4.78, 5) is 0. The minimum absolute atomic E-state index is 0.0357. The van der Waals surface area contributed by atoms with Crippen molar-refractivity contribution in [1.82, 2.24) is 5.43 Å². The third kappa shape index (κ3) is 2.49. The van der Waals surface area contributed by atoms with Crippen LogP contribution in [0.4, 0.5) is 5.69 Å². The summed E-state index contributed by atoms with van der Waals surface area (Å²) < 4.78 is 0. The first-order valence-corrected chi connectivity index (χ1v) is 6.15. The van der Waals surface area contributed by atoms with Crippen LogP contribution in [-0.2, 0) is 6.61 Å². The van der Waals surface area contributed by atoms with Gasteiger partial charge in [-0.05, 0) is 29.2 Å². The van der Waals surface area contributed by atoms with Gasteiger partial charge >= 0.3 is 0 Å². The van der Waals surface area contributed by atoms with E-state index < -0.39 is 0 Å². The predicted octanol–water partition coefficient (Wildman–Crippen LogP) is 1.72. The Balaban J connectivity index is 2.23. The number of hydrogen-bond acceptors (Lipinski definition) is 4. The van der Waals surface area contributed by atoms with E-state index in [4.69, 9.17) is 10.8 Å². The number of nitrogens with one attached hydrogen (secondary N) is 1. The molecule has 1 aliphatic rings. The van der Waals surface area contributed by atoms with Crippen molar-refractivity contribution in [2.75, 3.05) is 5.01 Å². The molecule has 1 aromatic carbocycles. The van der Waals surface area contributed by atoms with Gasteiger partial charge in [0.1, 0.15) is 5.82 Å². The summed E-state index contributed by atoms with van der Waals surface area (Å²) in [5.41, 5.74) is 11.4. The maximum Gasteiger partial charge on any atom is 0.116 e. The summed E-state index contributed by atoms with van der Waals surface area (Å²) >= 11 is 0. The van der Waals surface area contributed by atoms with Gasteiger partial charge in [0.05, 0.1) is 18.3 Å². The second-order valence-corrected chi connectivity index (χ2v) is 5.73. The third-order valence-electron chi connectivity index (χ3n) is 3.15. The van der Waals surface area contributed by atoms with Gasteiger partial charge in [-0.3, -0.25) is 5.01 Å². The molecule has 0 aromatic heterocycles. The Kier molecular flexibility index (Phi) is 3.32. The van der Waals surface area contributed by atoms with E-state index in [1.807, 2.05) is 35.4 Å². The SMILES string of the molecule is CC(C)(C)C1C=C(N)N(c2cccc(CO)c2)N1. The van der Waals surface area contributed by atoms with Crippen LogP contribution in [0.1, 0.15) is 26.3 Å². The van der Waals surface area contributed by atoms with Gasteiger partial charge in [0, 0.05) is 0 Å². The Hall–Kier alpha value is -1.52. The fourth-order valence-electron chi connectivity index (χ4n) is 1.96. The number of nitrogens with two attached hydrogens (primary N) is 1. The maximum absolute atomic E-state index is 9.17. The van der Waals surface area contributed by atoms with Crippen LogP contribution in [0.5, 0.6) is 0 Å². The molecule has 0 aliphatic carbocycles. The minimum atomic E-state index is 0.0357. The van der Waals surface area contributed by atoms with Gasteiger partial charge in [-0.2, -0.15) is 0 Å². The van der Waals surface area contributed by atoms with E-state index in [2.05, 4.69) is 26.2 Å². The summed E-state index contributed by atoms with van der Waals surface area (Å²) in [7, 11) is 0. The molecule has 0 saturated carbocycles. The topological polar surface area (TPSA) is 61.5 Å². The van der Waals surface area contributed by atoms with Gasteiger partial charge in [-0.25, -0.2) is 5.43 Å². The molecule has 0 bridgehead atoms. The zero-order valence-electron chi connectivity index (χ0n) is 11.1. The third-order valence-corrected chi connectivity index (χ3v) is 3.15. The number of rotatable bonds is 2. The van der Waals surface area contributed by atoms with E-state index in [1.165, 1.54) is 0 Å². The standard InChI is InChI=1S/C14H21N3O/c1-14(2,3)12-8-13(15)17(16-12)11-6-4-5-10(7-11)9-18/h4-8,12,16,18H,9,15H2,1-3H3. The number of nitrogens with zero attached hydrogens (tertiary/aromatic N) is 1. The van der Waals surface area contributed by atoms with Gasteiger partial charge in [0.15, 0.2) is 0 Å². The van der Waals surface area contributed by atoms with Crippen LogP contribution >= 0.6 is 0 Å². The number of hydrazine groups is 1. The largest absolute Gasteiger partial charge is 0.392 e. The fraction of sp³-hybridized carbons (Fsp3) is 0.429. The molecule has 1 heterocycles. The molecular weight excluding hydrogens is 226 g/mol. The van der Waals surface area contributed by atoms with Crippen LogP contribution < -0.4 is 16.2 Å². The summed E-state index contributed by atoms with van der Waals surface area (Å²) in [6.45, 7) is 6.54. The number of aliphatic hydroxyl groups is 1. The fourth-order valence-corrected chi connectivity index (χ4v) is 1.96. The molecule has 2 rings (SSSR count). The van der Waals surface area contributed by atoms with Crippen molar-refractivity contribution in [3.63, 3.8) is 0 Å². The lowest BCUT2D eigenvalue weighted by Crippen LogP contribution is -2.44. The first kappa shape index (κ1) is 12.9. The molecule has 0 saturated heterocycles. The van der Waals surface area contributed by atoms with Crippen LogP contribution in [0.25, 0.3) is 0 Å².